The fraction of sp³-hybridized carbons (Fsp3) is 0.412. The first-order valence-corrected chi connectivity index (χ1v) is 8.56. The van der Waals surface area contributed by atoms with Gasteiger partial charge in [-0.3, -0.25) is 0 Å². The Kier molecular flexibility index (Phi) is 4.43. The molecule has 1 fully saturated rings. The molecule has 1 N–H and O–H groups in total. The van der Waals surface area contributed by atoms with Crippen LogP contribution >= 0.6 is 0 Å². The van der Waals surface area contributed by atoms with Crippen LogP contribution in [0.2, 0.25) is 0 Å². The minimum atomic E-state index is 0.544. The van der Waals surface area contributed by atoms with Crippen LogP contribution in [0.4, 0.5) is 5.82 Å². The molecule has 0 aromatic carbocycles. The summed E-state index contributed by atoms with van der Waals surface area (Å²) in [6, 6.07) is 5.77. The van der Waals surface area contributed by atoms with Crippen molar-refractivity contribution < 1.29 is 4.74 Å². The Morgan fingerprint density at radius 1 is 1.20 bits per heavy atom. The van der Waals surface area contributed by atoms with Crippen LogP contribution in [0.1, 0.15) is 12.6 Å². The third-order valence-electron chi connectivity index (χ3n) is 4.21. The lowest BCUT2D eigenvalue weighted by atomic mass is 10.3. The molecular formula is C17H21N7O. The van der Waals surface area contributed by atoms with E-state index in [2.05, 4.69) is 30.3 Å². The lowest BCUT2D eigenvalue weighted by Gasteiger charge is -2.28. The monoisotopic (exact) mass is 339 g/mol. The summed E-state index contributed by atoms with van der Waals surface area (Å²) >= 11 is 0. The van der Waals surface area contributed by atoms with Crippen molar-refractivity contribution >= 4 is 16.9 Å². The number of nitrogens with zero attached hydrogens (tertiary/aromatic N) is 6. The van der Waals surface area contributed by atoms with Gasteiger partial charge in [-0.25, -0.2) is 19.6 Å². The van der Waals surface area contributed by atoms with Crippen LogP contribution in [0.15, 0.2) is 30.7 Å². The number of fused-ring (bicyclic) bond motifs is 1. The van der Waals surface area contributed by atoms with E-state index < -0.39 is 0 Å². The van der Waals surface area contributed by atoms with Gasteiger partial charge >= 0.3 is 0 Å². The zero-order chi connectivity index (χ0) is 17.1. The fourth-order valence-corrected chi connectivity index (χ4v) is 3.05. The lowest BCUT2D eigenvalue weighted by Crippen LogP contribution is -2.44. The van der Waals surface area contributed by atoms with E-state index in [1.54, 1.807) is 6.33 Å². The van der Waals surface area contributed by atoms with Crippen molar-refractivity contribution in [1.82, 2.24) is 30.0 Å². The molecule has 0 aliphatic carbocycles. The van der Waals surface area contributed by atoms with E-state index >= 15 is 0 Å². The second-order valence-corrected chi connectivity index (χ2v) is 5.87. The van der Waals surface area contributed by atoms with E-state index in [1.165, 1.54) is 0 Å². The van der Waals surface area contributed by atoms with Crippen molar-refractivity contribution in [3.05, 3.63) is 36.4 Å². The molecule has 1 saturated heterocycles. The van der Waals surface area contributed by atoms with Crippen molar-refractivity contribution in [2.75, 3.05) is 37.7 Å². The maximum absolute atomic E-state index is 5.47. The van der Waals surface area contributed by atoms with Gasteiger partial charge in [-0.1, -0.05) is 6.07 Å². The Bertz CT molecular complexity index is 857. The number of ether oxygens (including phenoxy) is 1. The van der Waals surface area contributed by atoms with Crippen LogP contribution in [-0.2, 0) is 6.54 Å². The van der Waals surface area contributed by atoms with Gasteiger partial charge in [-0.05, 0) is 13.0 Å². The molecule has 1 aliphatic heterocycles. The molecule has 8 heteroatoms. The molecule has 0 bridgehead atoms. The van der Waals surface area contributed by atoms with Crippen LogP contribution in [0.5, 0.6) is 5.88 Å². The molecule has 0 radical (unpaired) electrons. The summed E-state index contributed by atoms with van der Waals surface area (Å²) < 4.78 is 7.33. The summed E-state index contributed by atoms with van der Waals surface area (Å²) in [6.45, 7) is 6.90. The average molecular weight is 339 g/mol. The molecule has 0 unspecified atom stereocenters. The van der Waals surface area contributed by atoms with Crippen LogP contribution < -0.4 is 15.0 Å². The first-order valence-electron chi connectivity index (χ1n) is 8.56. The molecular weight excluding hydrogens is 318 g/mol. The van der Waals surface area contributed by atoms with Gasteiger partial charge in [0.2, 0.25) is 5.88 Å². The van der Waals surface area contributed by atoms with E-state index in [0.29, 0.717) is 19.0 Å². The highest BCUT2D eigenvalue weighted by Gasteiger charge is 2.17. The number of hydrogen-bond donors (Lipinski definition) is 1. The van der Waals surface area contributed by atoms with Gasteiger partial charge in [0.05, 0.1) is 30.4 Å². The molecule has 3 aromatic rings. The zero-order valence-corrected chi connectivity index (χ0v) is 14.2. The number of pyridine rings is 1. The first kappa shape index (κ1) is 15.8. The van der Waals surface area contributed by atoms with Gasteiger partial charge < -0.3 is 15.0 Å². The van der Waals surface area contributed by atoms with Crippen molar-refractivity contribution in [2.24, 2.45) is 0 Å². The predicted octanol–water partition coefficient (Wildman–Crippen LogP) is 1.08. The number of rotatable bonds is 5. The van der Waals surface area contributed by atoms with Crippen LogP contribution in [0, 0.1) is 0 Å². The van der Waals surface area contributed by atoms with Crippen molar-refractivity contribution in [1.29, 1.82) is 0 Å². The Labute approximate surface area is 145 Å². The van der Waals surface area contributed by atoms with Crippen molar-refractivity contribution in [3.8, 4) is 5.88 Å². The highest BCUT2D eigenvalue weighted by Crippen LogP contribution is 2.23. The number of piperazine rings is 1. The number of anilines is 1. The molecule has 0 atom stereocenters. The maximum atomic E-state index is 5.47. The second-order valence-electron chi connectivity index (χ2n) is 5.87. The summed E-state index contributed by atoms with van der Waals surface area (Å²) in [7, 11) is 0. The first-order chi connectivity index (χ1) is 12.3. The van der Waals surface area contributed by atoms with Gasteiger partial charge in [-0.15, -0.1) is 0 Å². The second kappa shape index (κ2) is 7.02. The fourth-order valence-electron chi connectivity index (χ4n) is 3.05. The zero-order valence-electron chi connectivity index (χ0n) is 14.2. The molecule has 8 nitrogen and oxygen atoms in total. The van der Waals surface area contributed by atoms with Crippen LogP contribution in [0.25, 0.3) is 11.0 Å². The number of nitrogens with one attached hydrogen (secondary N) is 1. The molecule has 25 heavy (non-hydrogen) atoms. The standard InChI is InChI=1S/C17H21N7O/c1-2-25-15-5-3-4-13(22-15)11-24-17-14(10-21-24)16(19-12-20-17)23-8-6-18-7-9-23/h3-5,10,12,18H,2,6-9,11H2,1H3. The van der Waals surface area contributed by atoms with Gasteiger partial charge in [-0.2, -0.15) is 5.10 Å². The average Bonchev–Trinajstić information content (AvgIpc) is 3.06. The highest BCUT2D eigenvalue weighted by atomic mass is 16.5. The smallest absolute Gasteiger partial charge is 0.213 e. The Morgan fingerprint density at radius 3 is 2.92 bits per heavy atom. The number of aromatic nitrogens is 5. The molecule has 1 aliphatic rings. The molecule has 130 valence electrons. The molecule has 0 amide bonds. The largest absolute Gasteiger partial charge is 0.478 e. The molecule has 4 heterocycles. The van der Waals surface area contributed by atoms with E-state index in [1.807, 2.05) is 36.0 Å². The van der Waals surface area contributed by atoms with E-state index in [0.717, 1.165) is 48.7 Å². The normalized spacial score (nSPS) is 14.8. The summed E-state index contributed by atoms with van der Waals surface area (Å²) in [5, 5.41) is 8.85. The Balaban J connectivity index is 1.64. The third kappa shape index (κ3) is 3.25. The summed E-state index contributed by atoms with van der Waals surface area (Å²) in [4.78, 5) is 15.7. The van der Waals surface area contributed by atoms with Gasteiger partial charge in [0.1, 0.15) is 12.1 Å². The Hall–Kier alpha value is -2.74. The molecule has 3 aromatic heterocycles. The van der Waals surface area contributed by atoms with E-state index in [4.69, 9.17) is 4.74 Å². The predicted molar refractivity (Wildman–Crippen MR) is 94.9 cm³/mol. The summed E-state index contributed by atoms with van der Waals surface area (Å²) in [6.07, 6.45) is 3.46. The molecule has 0 spiro atoms. The quantitative estimate of drug-likeness (QED) is 0.745. The van der Waals surface area contributed by atoms with Gasteiger partial charge in [0.25, 0.3) is 0 Å². The molecule has 0 saturated carbocycles. The van der Waals surface area contributed by atoms with Crippen LogP contribution in [0.3, 0.4) is 0 Å². The minimum Gasteiger partial charge on any atom is -0.478 e. The topological polar surface area (TPSA) is 81.0 Å². The SMILES string of the molecule is CCOc1cccc(Cn2ncc3c(N4CCNCC4)ncnc32)n1. The summed E-state index contributed by atoms with van der Waals surface area (Å²) in [5.41, 5.74) is 1.71. The highest BCUT2D eigenvalue weighted by molar-refractivity contribution is 5.86. The van der Waals surface area contributed by atoms with E-state index in [9.17, 15) is 0 Å². The summed E-state index contributed by atoms with van der Waals surface area (Å²) in [5.74, 6) is 1.58. The van der Waals surface area contributed by atoms with Gasteiger partial charge in [0, 0.05) is 32.2 Å². The molecule has 4 rings (SSSR count). The van der Waals surface area contributed by atoms with Crippen LogP contribution in [-0.4, -0.2) is 57.5 Å². The lowest BCUT2D eigenvalue weighted by molar-refractivity contribution is 0.325. The van der Waals surface area contributed by atoms with Crippen molar-refractivity contribution in [3.63, 3.8) is 0 Å². The Morgan fingerprint density at radius 2 is 2.08 bits per heavy atom. The minimum absolute atomic E-state index is 0.544. The number of hydrogen-bond acceptors (Lipinski definition) is 7. The maximum Gasteiger partial charge on any atom is 0.213 e. The van der Waals surface area contributed by atoms with Gasteiger partial charge in [0.15, 0.2) is 5.65 Å². The van der Waals surface area contributed by atoms with Crippen molar-refractivity contribution in [2.45, 2.75) is 13.5 Å². The van der Waals surface area contributed by atoms with E-state index in [-0.39, 0.29) is 0 Å². The third-order valence-corrected chi connectivity index (χ3v) is 4.21.